The zero-order valence-corrected chi connectivity index (χ0v) is 20.2. The highest BCUT2D eigenvalue weighted by molar-refractivity contribution is 5.57. The topological polar surface area (TPSA) is 9.72 Å². The molecule has 0 aliphatic carbocycles. The standard InChI is InChI=1S/C28H37N3/c1-8-31(9-2)26-18-19-27(21(3)20-26)28(22-10-14-24(15-11-22)29(4)5)23-12-16-25(17-13-23)30(6)7/h10-20,28H,8-9H2,1-7H3. The van der Waals surface area contributed by atoms with Gasteiger partial charge in [-0.25, -0.2) is 0 Å². The summed E-state index contributed by atoms with van der Waals surface area (Å²) in [7, 11) is 8.34. The first kappa shape index (κ1) is 22.7. The van der Waals surface area contributed by atoms with Gasteiger partial charge in [0.2, 0.25) is 0 Å². The van der Waals surface area contributed by atoms with Crippen molar-refractivity contribution in [2.24, 2.45) is 0 Å². The van der Waals surface area contributed by atoms with Crippen molar-refractivity contribution >= 4 is 17.1 Å². The third-order valence-electron chi connectivity index (χ3n) is 6.18. The quantitative estimate of drug-likeness (QED) is 0.408. The molecule has 0 fully saturated rings. The van der Waals surface area contributed by atoms with Gasteiger partial charge in [0, 0.05) is 64.3 Å². The number of nitrogens with zero attached hydrogens (tertiary/aromatic N) is 3. The van der Waals surface area contributed by atoms with Gasteiger partial charge >= 0.3 is 0 Å². The van der Waals surface area contributed by atoms with E-state index in [1.807, 2.05) is 0 Å². The Morgan fingerprint density at radius 1 is 0.613 bits per heavy atom. The van der Waals surface area contributed by atoms with E-state index in [9.17, 15) is 0 Å². The van der Waals surface area contributed by atoms with Crippen LogP contribution < -0.4 is 14.7 Å². The molecule has 0 heterocycles. The first-order valence-corrected chi connectivity index (χ1v) is 11.3. The second-order valence-corrected chi connectivity index (χ2v) is 8.62. The molecule has 0 amide bonds. The number of hydrogen-bond acceptors (Lipinski definition) is 3. The molecule has 0 saturated carbocycles. The van der Waals surface area contributed by atoms with Crippen molar-refractivity contribution in [3.05, 3.63) is 89.0 Å². The highest BCUT2D eigenvalue weighted by atomic mass is 15.1. The molecule has 3 rings (SSSR count). The van der Waals surface area contributed by atoms with Gasteiger partial charge in [0.25, 0.3) is 0 Å². The van der Waals surface area contributed by atoms with E-state index in [-0.39, 0.29) is 5.92 Å². The summed E-state index contributed by atoms with van der Waals surface area (Å²) in [6.45, 7) is 8.73. The van der Waals surface area contributed by atoms with Crippen molar-refractivity contribution in [1.82, 2.24) is 0 Å². The van der Waals surface area contributed by atoms with Gasteiger partial charge in [-0.2, -0.15) is 0 Å². The number of aryl methyl sites for hydroxylation is 1. The summed E-state index contributed by atoms with van der Waals surface area (Å²) in [6.07, 6.45) is 0. The molecule has 164 valence electrons. The van der Waals surface area contributed by atoms with Gasteiger partial charge in [-0.05, 0) is 79.4 Å². The molecule has 3 aromatic carbocycles. The molecule has 3 aromatic rings. The van der Waals surface area contributed by atoms with Crippen LogP contribution >= 0.6 is 0 Å². The maximum absolute atomic E-state index is 2.41. The van der Waals surface area contributed by atoms with Gasteiger partial charge in [0.15, 0.2) is 0 Å². The highest BCUT2D eigenvalue weighted by Gasteiger charge is 2.20. The Labute approximate surface area is 188 Å². The number of anilines is 3. The molecule has 0 spiro atoms. The Morgan fingerprint density at radius 2 is 1.03 bits per heavy atom. The van der Waals surface area contributed by atoms with Gasteiger partial charge in [-0.15, -0.1) is 0 Å². The van der Waals surface area contributed by atoms with Crippen molar-refractivity contribution in [2.45, 2.75) is 26.7 Å². The highest BCUT2D eigenvalue weighted by Crippen LogP contribution is 2.36. The molecule has 0 unspecified atom stereocenters. The SMILES string of the molecule is CCN(CC)c1ccc(C(c2ccc(N(C)C)cc2)c2ccc(N(C)C)cc2)c(C)c1. The van der Waals surface area contributed by atoms with E-state index in [4.69, 9.17) is 0 Å². The zero-order chi connectivity index (χ0) is 22.5. The van der Waals surface area contributed by atoms with E-state index in [0.717, 1.165) is 13.1 Å². The number of rotatable bonds is 8. The Morgan fingerprint density at radius 3 is 1.39 bits per heavy atom. The third-order valence-corrected chi connectivity index (χ3v) is 6.18. The Balaban J connectivity index is 2.09. The predicted octanol–water partition coefficient (Wildman–Crippen LogP) is 6.15. The van der Waals surface area contributed by atoms with Gasteiger partial charge in [-0.1, -0.05) is 30.3 Å². The minimum atomic E-state index is 0.207. The minimum Gasteiger partial charge on any atom is -0.378 e. The molecule has 0 N–H and O–H groups in total. The van der Waals surface area contributed by atoms with Crippen LogP contribution in [0.1, 0.15) is 42.0 Å². The molecule has 0 aliphatic rings. The predicted molar refractivity (Wildman–Crippen MR) is 137 cm³/mol. The lowest BCUT2D eigenvalue weighted by Gasteiger charge is -2.26. The van der Waals surface area contributed by atoms with Crippen molar-refractivity contribution in [1.29, 1.82) is 0 Å². The summed E-state index contributed by atoms with van der Waals surface area (Å²) in [5, 5.41) is 0. The lowest BCUT2D eigenvalue weighted by Crippen LogP contribution is -2.22. The maximum Gasteiger partial charge on any atom is 0.0368 e. The summed E-state index contributed by atoms with van der Waals surface area (Å²) in [4.78, 5) is 6.70. The van der Waals surface area contributed by atoms with Crippen LogP contribution in [0.25, 0.3) is 0 Å². The van der Waals surface area contributed by atoms with Crippen molar-refractivity contribution in [2.75, 3.05) is 56.0 Å². The van der Waals surface area contributed by atoms with Gasteiger partial charge in [0.05, 0.1) is 0 Å². The molecular weight excluding hydrogens is 378 g/mol. The number of benzene rings is 3. The summed E-state index contributed by atoms with van der Waals surface area (Å²) >= 11 is 0. The van der Waals surface area contributed by atoms with Crippen LogP contribution in [0.2, 0.25) is 0 Å². The van der Waals surface area contributed by atoms with Crippen LogP contribution in [0, 0.1) is 6.92 Å². The molecule has 31 heavy (non-hydrogen) atoms. The molecule has 3 heteroatoms. The summed E-state index contributed by atoms with van der Waals surface area (Å²) < 4.78 is 0. The molecule has 0 radical (unpaired) electrons. The Bertz CT molecular complexity index is 917. The van der Waals surface area contributed by atoms with E-state index in [2.05, 4.69) is 130 Å². The lowest BCUT2D eigenvalue weighted by molar-refractivity contribution is 0.862. The lowest BCUT2D eigenvalue weighted by atomic mass is 9.82. The smallest absolute Gasteiger partial charge is 0.0368 e. The van der Waals surface area contributed by atoms with Crippen LogP contribution in [0.5, 0.6) is 0 Å². The van der Waals surface area contributed by atoms with Crippen LogP contribution in [0.15, 0.2) is 66.7 Å². The molecule has 0 atom stereocenters. The fourth-order valence-electron chi connectivity index (χ4n) is 4.25. The molecule has 0 aromatic heterocycles. The average Bonchev–Trinajstić information content (AvgIpc) is 2.77. The van der Waals surface area contributed by atoms with Crippen LogP contribution in [0.3, 0.4) is 0 Å². The summed E-state index contributed by atoms with van der Waals surface area (Å²) in [5.74, 6) is 0.207. The summed E-state index contributed by atoms with van der Waals surface area (Å²) in [5.41, 5.74) is 9.09. The van der Waals surface area contributed by atoms with Crippen LogP contribution in [0.4, 0.5) is 17.1 Å². The minimum absolute atomic E-state index is 0.207. The fraction of sp³-hybridized carbons (Fsp3) is 0.357. The van der Waals surface area contributed by atoms with E-state index in [1.165, 1.54) is 39.3 Å². The first-order valence-electron chi connectivity index (χ1n) is 11.3. The third kappa shape index (κ3) is 5.04. The second kappa shape index (κ2) is 9.91. The summed E-state index contributed by atoms with van der Waals surface area (Å²) in [6, 6.07) is 24.9. The van der Waals surface area contributed by atoms with E-state index < -0.39 is 0 Å². The maximum atomic E-state index is 2.41. The van der Waals surface area contributed by atoms with Crippen molar-refractivity contribution < 1.29 is 0 Å². The Kier molecular flexibility index (Phi) is 7.27. The average molecular weight is 416 g/mol. The first-order chi connectivity index (χ1) is 14.8. The van der Waals surface area contributed by atoms with Crippen LogP contribution in [-0.2, 0) is 0 Å². The van der Waals surface area contributed by atoms with Gasteiger partial charge < -0.3 is 14.7 Å². The van der Waals surface area contributed by atoms with Crippen LogP contribution in [-0.4, -0.2) is 41.3 Å². The molecule has 3 nitrogen and oxygen atoms in total. The second-order valence-electron chi connectivity index (χ2n) is 8.62. The zero-order valence-electron chi connectivity index (χ0n) is 20.2. The Hall–Kier alpha value is -2.94. The van der Waals surface area contributed by atoms with E-state index >= 15 is 0 Å². The largest absolute Gasteiger partial charge is 0.378 e. The molecule has 0 saturated heterocycles. The van der Waals surface area contributed by atoms with E-state index in [0.29, 0.717) is 0 Å². The fourth-order valence-corrected chi connectivity index (χ4v) is 4.25. The van der Waals surface area contributed by atoms with Gasteiger partial charge in [0.1, 0.15) is 0 Å². The van der Waals surface area contributed by atoms with Crippen molar-refractivity contribution in [3.63, 3.8) is 0 Å². The number of hydrogen-bond donors (Lipinski definition) is 0. The normalized spacial score (nSPS) is 11.0. The molecular formula is C28H37N3. The molecule has 0 bridgehead atoms. The van der Waals surface area contributed by atoms with Gasteiger partial charge in [-0.3, -0.25) is 0 Å². The van der Waals surface area contributed by atoms with E-state index in [1.54, 1.807) is 0 Å². The monoisotopic (exact) mass is 415 g/mol. The van der Waals surface area contributed by atoms with Crippen molar-refractivity contribution in [3.8, 4) is 0 Å². The molecule has 0 aliphatic heterocycles.